The van der Waals surface area contributed by atoms with Gasteiger partial charge >= 0.3 is 0 Å². The van der Waals surface area contributed by atoms with Crippen LogP contribution < -0.4 is 5.73 Å². The van der Waals surface area contributed by atoms with E-state index in [4.69, 9.17) is 5.73 Å². The van der Waals surface area contributed by atoms with E-state index in [-0.39, 0.29) is 12.4 Å². The van der Waals surface area contributed by atoms with Crippen molar-refractivity contribution in [1.82, 2.24) is 0 Å². The van der Waals surface area contributed by atoms with Crippen molar-refractivity contribution in [3.05, 3.63) is 0 Å². The van der Waals surface area contributed by atoms with Gasteiger partial charge in [-0.1, -0.05) is 20.3 Å². The number of rotatable bonds is 0. The van der Waals surface area contributed by atoms with Gasteiger partial charge in [0.15, 0.2) is 0 Å². The maximum absolute atomic E-state index is 5.81. The lowest BCUT2D eigenvalue weighted by atomic mass is 9.88. The highest BCUT2D eigenvalue weighted by atomic mass is 35.5. The van der Waals surface area contributed by atoms with Crippen LogP contribution in [0, 0.1) is 5.41 Å². The molecule has 0 aromatic rings. The Morgan fingerprint density at radius 3 is 2.11 bits per heavy atom. The highest BCUT2D eigenvalue weighted by molar-refractivity contribution is 5.85. The third-order valence-electron chi connectivity index (χ3n) is 2.34. The van der Waals surface area contributed by atoms with E-state index in [0.717, 1.165) is 0 Å². The van der Waals surface area contributed by atoms with Crippen LogP contribution in [0.4, 0.5) is 0 Å². The Morgan fingerprint density at radius 2 is 2.00 bits per heavy atom. The van der Waals surface area contributed by atoms with Gasteiger partial charge in [-0.3, -0.25) is 0 Å². The van der Waals surface area contributed by atoms with E-state index in [1.54, 1.807) is 0 Å². The molecule has 1 saturated carbocycles. The molecule has 0 spiro atoms. The minimum absolute atomic E-state index is 0. The van der Waals surface area contributed by atoms with Gasteiger partial charge < -0.3 is 5.73 Å². The zero-order valence-electron chi connectivity index (χ0n) is 6.18. The molecular weight excluding hydrogens is 134 g/mol. The Hall–Kier alpha value is 0.250. The molecule has 0 bridgehead atoms. The molecule has 1 nitrogen and oxygen atoms in total. The van der Waals surface area contributed by atoms with Crippen molar-refractivity contribution < 1.29 is 0 Å². The molecular formula is C7H16ClN. The van der Waals surface area contributed by atoms with Gasteiger partial charge in [-0.05, 0) is 18.3 Å². The minimum Gasteiger partial charge on any atom is -0.327 e. The lowest BCUT2D eigenvalue weighted by Crippen LogP contribution is -2.31. The molecule has 9 heavy (non-hydrogen) atoms. The van der Waals surface area contributed by atoms with Gasteiger partial charge in [-0.25, -0.2) is 0 Å². The highest BCUT2D eigenvalue weighted by Gasteiger charge is 2.30. The van der Waals surface area contributed by atoms with Crippen LogP contribution in [0.2, 0.25) is 0 Å². The first kappa shape index (κ1) is 9.25. The summed E-state index contributed by atoms with van der Waals surface area (Å²) in [5.74, 6) is 0. The molecule has 56 valence electrons. The van der Waals surface area contributed by atoms with Crippen molar-refractivity contribution in [3.8, 4) is 0 Å². The van der Waals surface area contributed by atoms with E-state index in [0.29, 0.717) is 11.5 Å². The largest absolute Gasteiger partial charge is 0.327 e. The standard InChI is InChI=1S/C7H15N.ClH/c1-7(2)5-3-4-6(7)8;/h6H,3-5,8H2,1-2H3;1H/t6-;/m0./s1. The Balaban J connectivity index is 0.000000640. The zero-order valence-corrected chi connectivity index (χ0v) is 7.00. The maximum Gasteiger partial charge on any atom is 0.00902 e. The van der Waals surface area contributed by atoms with Crippen molar-refractivity contribution in [2.45, 2.75) is 39.2 Å². The molecule has 2 heteroatoms. The smallest absolute Gasteiger partial charge is 0.00902 e. The van der Waals surface area contributed by atoms with Crippen LogP contribution in [0.1, 0.15) is 33.1 Å². The quantitative estimate of drug-likeness (QED) is 0.560. The van der Waals surface area contributed by atoms with Gasteiger partial charge in [-0.15, -0.1) is 12.4 Å². The molecule has 1 atom stereocenters. The van der Waals surface area contributed by atoms with Gasteiger partial charge in [0.2, 0.25) is 0 Å². The first-order valence-electron chi connectivity index (χ1n) is 3.38. The summed E-state index contributed by atoms with van der Waals surface area (Å²) in [6.07, 6.45) is 3.87. The molecule has 0 aromatic heterocycles. The van der Waals surface area contributed by atoms with Crippen LogP contribution in [0.5, 0.6) is 0 Å². The van der Waals surface area contributed by atoms with E-state index in [9.17, 15) is 0 Å². The molecule has 2 N–H and O–H groups in total. The molecule has 0 saturated heterocycles. The van der Waals surface area contributed by atoms with Gasteiger partial charge in [0.25, 0.3) is 0 Å². The summed E-state index contributed by atoms with van der Waals surface area (Å²) < 4.78 is 0. The van der Waals surface area contributed by atoms with E-state index >= 15 is 0 Å². The van der Waals surface area contributed by atoms with Crippen LogP contribution in [0.3, 0.4) is 0 Å². The molecule has 0 radical (unpaired) electrons. The SMILES string of the molecule is CC1(C)CCC[C@@H]1N.Cl. The van der Waals surface area contributed by atoms with Gasteiger partial charge in [0.1, 0.15) is 0 Å². The van der Waals surface area contributed by atoms with Crippen LogP contribution in [0.25, 0.3) is 0 Å². The fraction of sp³-hybridized carbons (Fsp3) is 1.00. The molecule has 0 unspecified atom stereocenters. The second-order valence-electron chi connectivity index (χ2n) is 3.49. The maximum atomic E-state index is 5.81. The zero-order chi connectivity index (χ0) is 6.20. The van der Waals surface area contributed by atoms with Crippen molar-refractivity contribution >= 4 is 12.4 Å². The summed E-state index contributed by atoms with van der Waals surface area (Å²) in [4.78, 5) is 0. The molecule has 1 aliphatic rings. The van der Waals surface area contributed by atoms with Gasteiger partial charge in [-0.2, -0.15) is 0 Å². The minimum atomic E-state index is 0. The average Bonchev–Trinajstić information content (AvgIpc) is 1.86. The second-order valence-corrected chi connectivity index (χ2v) is 3.49. The Bertz CT molecular complexity index is 90.9. The molecule has 0 amide bonds. The monoisotopic (exact) mass is 149 g/mol. The number of halogens is 1. The molecule has 0 aromatic carbocycles. The Morgan fingerprint density at radius 1 is 1.44 bits per heavy atom. The average molecular weight is 150 g/mol. The van der Waals surface area contributed by atoms with Gasteiger partial charge in [0.05, 0.1) is 0 Å². The summed E-state index contributed by atoms with van der Waals surface area (Å²) in [6, 6.07) is 0.461. The first-order chi connectivity index (χ1) is 3.63. The molecule has 0 heterocycles. The number of hydrogen-bond acceptors (Lipinski definition) is 1. The Labute approximate surface area is 63.4 Å². The van der Waals surface area contributed by atoms with Crippen LogP contribution in [-0.4, -0.2) is 6.04 Å². The molecule has 1 rings (SSSR count). The van der Waals surface area contributed by atoms with Crippen LogP contribution >= 0.6 is 12.4 Å². The van der Waals surface area contributed by atoms with E-state index in [2.05, 4.69) is 13.8 Å². The lowest BCUT2D eigenvalue weighted by molar-refractivity contribution is 0.332. The lowest BCUT2D eigenvalue weighted by Gasteiger charge is -2.22. The third kappa shape index (κ3) is 1.84. The second kappa shape index (κ2) is 2.89. The highest BCUT2D eigenvalue weighted by Crippen LogP contribution is 2.35. The van der Waals surface area contributed by atoms with E-state index in [1.165, 1.54) is 19.3 Å². The summed E-state index contributed by atoms with van der Waals surface area (Å²) >= 11 is 0. The predicted octanol–water partition coefficient (Wildman–Crippen LogP) is 1.95. The molecule has 1 fully saturated rings. The first-order valence-corrected chi connectivity index (χ1v) is 3.38. The van der Waals surface area contributed by atoms with Crippen LogP contribution in [-0.2, 0) is 0 Å². The number of nitrogens with two attached hydrogens (primary N) is 1. The fourth-order valence-electron chi connectivity index (χ4n) is 1.35. The third-order valence-corrected chi connectivity index (χ3v) is 2.34. The van der Waals surface area contributed by atoms with Crippen molar-refractivity contribution in [2.24, 2.45) is 11.1 Å². The summed E-state index contributed by atoms with van der Waals surface area (Å²) in [5, 5.41) is 0. The van der Waals surface area contributed by atoms with Crippen molar-refractivity contribution in [2.75, 3.05) is 0 Å². The van der Waals surface area contributed by atoms with Crippen LogP contribution in [0.15, 0.2) is 0 Å². The summed E-state index contributed by atoms with van der Waals surface area (Å²) in [5.41, 5.74) is 6.24. The number of hydrogen-bond donors (Lipinski definition) is 1. The normalized spacial score (nSPS) is 31.7. The van der Waals surface area contributed by atoms with Gasteiger partial charge in [0, 0.05) is 6.04 Å². The predicted molar refractivity (Wildman–Crippen MR) is 42.9 cm³/mol. The van der Waals surface area contributed by atoms with Crippen molar-refractivity contribution in [3.63, 3.8) is 0 Å². The van der Waals surface area contributed by atoms with Crippen molar-refractivity contribution in [1.29, 1.82) is 0 Å². The topological polar surface area (TPSA) is 26.0 Å². The fourth-order valence-corrected chi connectivity index (χ4v) is 1.35. The van der Waals surface area contributed by atoms with E-state index in [1.807, 2.05) is 0 Å². The molecule has 1 aliphatic carbocycles. The van der Waals surface area contributed by atoms with E-state index < -0.39 is 0 Å². The Kier molecular flexibility index (Phi) is 2.97. The summed E-state index contributed by atoms with van der Waals surface area (Å²) in [6.45, 7) is 4.51. The molecule has 0 aliphatic heterocycles. The summed E-state index contributed by atoms with van der Waals surface area (Å²) in [7, 11) is 0.